The Hall–Kier alpha value is -1.03. The van der Waals surface area contributed by atoms with Crippen LogP contribution in [0.25, 0.3) is 0 Å². The SMILES string of the molecule is C=C(Br)CN(C)C(=O)c1cccn1C. The number of carbonyl (C=O) groups excluding carboxylic acids is 1. The van der Waals surface area contributed by atoms with Crippen molar-refractivity contribution in [3.8, 4) is 0 Å². The number of nitrogens with zero attached hydrogens (tertiary/aromatic N) is 2. The predicted molar refractivity (Wildman–Crippen MR) is 60.4 cm³/mol. The van der Waals surface area contributed by atoms with E-state index >= 15 is 0 Å². The maximum Gasteiger partial charge on any atom is 0.270 e. The average Bonchev–Trinajstić information content (AvgIpc) is 2.48. The maximum absolute atomic E-state index is 11.8. The highest BCUT2D eigenvalue weighted by atomic mass is 79.9. The van der Waals surface area contributed by atoms with E-state index in [1.807, 2.05) is 19.3 Å². The minimum Gasteiger partial charge on any atom is -0.347 e. The van der Waals surface area contributed by atoms with Crippen LogP contribution in [0.4, 0.5) is 0 Å². The van der Waals surface area contributed by atoms with Gasteiger partial charge in [-0.25, -0.2) is 0 Å². The molecule has 1 rings (SSSR count). The lowest BCUT2D eigenvalue weighted by Gasteiger charge is -2.16. The molecule has 0 radical (unpaired) electrons. The first-order valence-corrected chi connectivity index (χ1v) is 5.01. The number of carbonyl (C=O) groups is 1. The van der Waals surface area contributed by atoms with Crippen LogP contribution in [0.3, 0.4) is 0 Å². The van der Waals surface area contributed by atoms with Crippen molar-refractivity contribution in [1.29, 1.82) is 0 Å². The molecule has 0 aliphatic carbocycles. The van der Waals surface area contributed by atoms with Gasteiger partial charge in [0.2, 0.25) is 0 Å². The smallest absolute Gasteiger partial charge is 0.270 e. The van der Waals surface area contributed by atoms with E-state index in [9.17, 15) is 4.79 Å². The lowest BCUT2D eigenvalue weighted by molar-refractivity contribution is 0.0800. The standard InChI is InChI=1S/C10H13BrN2O/c1-8(11)7-13(3)10(14)9-5-4-6-12(9)2/h4-6H,1,7H2,2-3H3. The highest BCUT2D eigenvalue weighted by Gasteiger charge is 2.13. The fraction of sp³-hybridized carbons (Fsp3) is 0.300. The zero-order chi connectivity index (χ0) is 10.7. The van der Waals surface area contributed by atoms with Crippen LogP contribution in [0.2, 0.25) is 0 Å². The molecule has 0 saturated heterocycles. The molecular weight excluding hydrogens is 244 g/mol. The lowest BCUT2D eigenvalue weighted by Crippen LogP contribution is -2.29. The van der Waals surface area contributed by atoms with Crippen molar-refractivity contribution in [1.82, 2.24) is 9.47 Å². The maximum atomic E-state index is 11.8. The Bertz CT molecular complexity index is 357. The summed E-state index contributed by atoms with van der Waals surface area (Å²) in [5.74, 6) is -0.00176. The van der Waals surface area contributed by atoms with Crippen molar-refractivity contribution in [3.05, 3.63) is 35.1 Å². The average molecular weight is 257 g/mol. The molecule has 0 bridgehead atoms. The molecule has 0 atom stereocenters. The third-order valence-corrected chi connectivity index (χ3v) is 2.17. The monoisotopic (exact) mass is 256 g/mol. The van der Waals surface area contributed by atoms with Crippen molar-refractivity contribution < 1.29 is 4.79 Å². The van der Waals surface area contributed by atoms with E-state index in [1.165, 1.54) is 0 Å². The molecule has 3 nitrogen and oxygen atoms in total. The molecule has 0 unspecified atom stereocenters. The molecule has 14 heavy (non-hydrogen) atoms. The fourth-order valence-electron chi connectivity index (χ4n) is 1.21. The summed E-state index contributed by atoms with van der Waals surface area (Å²) in [4.78, 5) is 13.4. The molecule has 1 heterocycles. The number of halogens is 1. The van der Waals surface area contributed by atoms with Gasteiger partial charge in [-0.3, -0.25) is 4.79 Å². The number of aryl methyl sites for hydroxylation is 1. The quantitative estimate of drug-likeness (QED) is 0.813. The number of rotatable bonds is 3. The van der Waals surface area contributed by atoms with Crippen LogP contribution < -0.4 is 0 Å². The minimum absolute atomic E-state index is 0.00176. The van der Waals surface area contributed by atoms with Crippen molar-refractivity contribution in [2.75, 3.05) is 13.6 Å². The summed E-state index contributed by atoms with van der Waals surface area (Å²) in [5, 5.41) is 0. The Morgan fingerprint density at radius 1 is 1.71 bits per heavy atom. The van der Waals surface area contributed by atoms with Gasteiger partial charge in [-0.1, -0.05) is 22.5 Å². The summed E-state index contributed by atoms with van der Waals surface area (Å²) in [5.41, 5.74) is 0.682. The zero-order valence-electron chi connectivity index (χ0n) is 8.33. The molecule has 0 N–H and O–H groups in total. The summed E-state index contributed by atoms with van der Waals surface area (Å²) in [7, 11) is 3.60. The van der Waals surface area contributed by atoms with Crippen molar-refractivity contribution >= 4 is 21.8 Å². The van der Waals surface area contributed by atoms with Crippen molar-refractivity contribution in [3.63, 3.8) is 0 Å². The van der Waals surface area contributed by atoms with E-state index in [2.05, 4.69) is 22.5 Å². The van der Waals surface area contributed by atoms with Crippen LogP contribution in [0, 0.1) is 0 Å². The third kappa shape index (κ3) is 2.48. The molecule has 1 aromatic heterocycles. The zero-order valence-corrected chi connectivity index (χ0v) is 9.91. The number of likely N-dealkylation sites (N-methyl/N-ethyl adjacent to an activating group) is 1. The van der Waals surface area contributed by atoms with Crippen LogP contribution in [0.1, 0.15) is 10.5 Å². The summed E-state index contributed by atoms with van der Waals surface area (Å²) in [6, 6.07) is 3.65. The van der Waals surface area contributed by atoms with Crippen molar-refractivity contribution in [2.24, 2.45) is 7.05 Å². The summed E-state index contributed by atoms with van der Waals surface area (Å²) < 4.78 is 2.60. The summed E-state index contributed by atoms with van der Waals surface area (Å²) in [6.07, 6.45) is 1.85. The lowest BCUT2D eigenvalue weighted by atomic mass is 10.3. The topological polar surface area (TPSA) is 25.2 Å². The fourth-order valence-corrected chi connectivity index (χ4v) is 1.58. The van der Waals surface area contributed by atoms with Gasteiger partial charge in [0, 0.05) is 24.8 Å². The Kier molecular flexibility index (Phi) is 3.52. The molecule has 0 fully saturated rings. The van der Waals surface area contributed by atoms with Gasteiger partial charge in [0.25, 0.3) is 5.91 Å². The van der Waals surface area contributed by atoms with E-state index in [4.69, 9.17) is 0 Å². The Morgan fingerprint density at radius 3 is 2.79 bits per heavy atom. The van der Waals surface area contributed by atoms with Gasteiger partial charge in [0.15, 0.2) is 0 Å². The first kappa shape index (κ1) is 11.0. The molecule has 76 valence electrons. The molecule has 0 spiro atoms. The number of hydrogen-bond acceptors (Lipinski definition) is 1. The molecule has 0 aliphatic heterocycles. The largest absolute Gasteiger partial charge is 0.347 e. The first-order valence-electron chi connectivity index (χ1n) is 4.22. The predicted octanol–water partition coefficient (Wildman–Crippen LogP) is 2.01. The van der Waals surface area contributed by atoms with Crippen LogP contribution >= 0.6 is 15.9 Å². The van der Waals surface area contributed by atoms with Gasteiger partial charge >= 0.3 is 0 Å². The van der Waals surface area contributed by atoms with E-state index < -0.39 is 0 Å². The molecular formula is C10H13BrN2O. The van der Waals surface area contributed by atoms with E-state index in [0.717, 1.165) is 4.48 Å². The highest BCUT2D eigenvalue weighted by molar-refractivity contribution is 9.11. The third-order valence-electron chi connectivity index (χ3n) is 1.92. The second kappa shape index (κ2) is 4.46. The van der Waals surface area contributed by atoms with Gasteiger partial charge in [0.05, 0.1) is 6.54 Å². The minimum atomic E-state index is -0.00176. The van der Waals surface area contributed by atoms with Gasteiger partial charge in [-0.15, -0.1) is 0 Å². The number of hydrogen-bond donors (Lipinski definition) is 0. The Labute approximate surface area is 92.1 Å². The normalized spacial score (nSPS) is 9.93. The molecule has 0 saturated carbocycles. The van der Waals surface area contributed by atoms with Crippen LogP contribution in [0.5, 0.6) is 0 Å². The Balaban J connectivity index is 2.76. The van der Waals surface area contributed by atoms with Crippen LogP contribution in [-0.4, -0.2) is 29.0 Å². The second-order valence-electron chi connectivity index (χ2n) is 3.18. The summed E-state index contributed by atoms with van der Waals surface area (Å²) >= 11 is 3.23. The van der Waals surface area contributed by atoms with Gasteiger partial charge < -0.3 is 9.47 Å². The molecule has 4 heteroatoms. The molecule has 1 aromatic rings. The van der Waals surface area contributed by atoms with Crippen LogP contribution in [0.15, 0.2) is 29.4 Å². The second-order valence-corrected chi connectivity index (χ2v) is 4.30. The number of amides is 1. The van der Waals surface area contributed by atoms with E-state index in [0.29, 0.717) is 12.2 Å². The van der Waals surface area contributed by atoms with E-state index in [1.54, 1.807) is 22.6 Å². The van der Waals surface area contributed by atoms with Crippen molar-refractivity contribution in [2.45, 2.75) is 0 Å². The van der Waals surface area contributed by atoms with Gasteiger partial charge in [-0.05, 0) is 12.1 Å². The van der Waals surface area contributed by atoms with Gasteiger partial charge in [0.1, 0.15) is 5.69 Å². The summed E-state index contributed by atoms with van der Waals surface area (Å²) in [6.45, 7) is 4.22. The van der Waals surface area contributed by atoms with E-state index in [-0.39, 0.29) is 5.91 Å². The molecule has 0 aromatic carbocycles. The first-order chi connectivity index (χ1) is 6.52. The van der Waals surface area contributed by atoms with Gasteiger partial charge in [-0.2, -0.15) is 0 Å². The number of aromatic nitrogens is 1. The molecule has 0 aliphatic rings. The van der Waals surface area contributed by atoms with Crippen LogP contribution in [-0.2, 0) is 7.05 Å². The highest BCUT2D eigenvalue weighted by Crippen LogP contribution is 2.08. The Morgan fingerprint density at radius 2 is 2.36 bits per heavy atom. The molecule has 1 amide bonds.